The average Bonchev–Trinajstić information content (AvgIpc) is 3.24. The standard InChI is InChI=1S/C21H25N5/c1-25(19-5-3-2-4-6-19)20-9-7-17(8-10-20)15-26-13-11-18(12-14-26)21-22-16-23-24-21/h2-10,16,18H,11-15H2,1H3,(H,22,23,24). The van der Waals surface area contributed by atoms with Gasteiger partial charge >= 0.3 is 0 Å². The average molecular weight is 347 g/mol. The highest BCUT2D eigenvalue weighted by molar-refractivity contribution is 5.62. The molecule has 0 atom stereocenters. The second-order valence-corrected chi connectivity index (χ2v) is 6.98. The van der Waals surface area contributed by atoms with Crippen molar-refractivity contribution in [1.29, 1.82) is 0 Å². The quantitative estimate of drug-likeness (QED) is 0.759. The molecule has 0 saturated carbocycles. The van der Waals surface area contributed by atoms with Gasteiger partial charge in [-0.15, -0.1) is 0 Å². The van der Waals surface area contributed by atoms with Crippen LogP contribution in [0.1, 0.15) is 30.1 Å². The Labute approximate surface area is 154 Å². The van der Waals surface area contributed by atoms with E-state index in [-0.39, 0.29) is 0 Å². The number of piperidine rings is 1. The van der Waals surface area contributed by atoms with Crippen LogP contribution in [0, 0.1) is 0 Å². The number of hydrogen-bond donors (Lipinski definition) is 1. The molecule has 1 aromatic heterocycles. The molecule has 3 aromatic rings. The summed E-state index contributed by atoms with van der Waals surface area (Å²) >= 11 is 0. The maximum absolute atomic E-state index is 4.31. The normalized spacial score (nSPS) is 15.9. The predicted octanol–water partition coefficient (Wildman–Crippen LogP) is 3.95. The molecule has 1 aliphatic heterocycles. The van der Waals surface area contributed by atoms with E-state index in [1.54, 1.807) is 6.33 Å². The lowest BCUT2D eigenvalue weighted by Crippen LogP contribution is -2.32. The summed E-state index contributed by atoms with van der Waals surface area (Å²) in [5, 5.41) is 6.99. The first kappa shape index (κ1) is 16.8. The molecule has 134 valence electrons. The molecule has 0 radical (unpaired) electrons. The second-order valence-electron chi connectivity index (χ2n) is 6.98. The lowest BCUT2D eigenvalue weighted by Gasteiger charge is -2.31. The first-order valence-electron chi connectivity index (χ1n) is 9.25. The van der Waals surface area contributed by atoms with E-state index in [0.717, 1.165) is 38.3 Å². The summed E-state index contributed by atoms with van der Waals surface area (Å²) in [6, 6.07) is 19.4. The Morgan fingerprint density at radius 2 is 1.69 bits per heavy atom. The highest BCUT2D eigenvalue weighted by atomic mass is 15.2. The smallest absolute Gasteiger partial charge is 0.137 e. The van der Waals surface area contributed by atoms with Gasteiger partial charge in [0.15, 0.2) is 0 Å². The van der Waals surface area contributed by atoms with Crippen LogP contribution in [0.3, 0.4) is 0 Å². The van der Waals surface area contributed by atoms with Crippen LogP contribution in [-0.4, -0.2) is 40.2 Å². The number of likely N-dealkylation sites (tertiary alicyclic amines) is 1. The third-order valence-corrected chi connectivity index (χ3v) is 5.28. The molecular weight excluding hydrogens is 322 g/mol. The highest BCUT2D eigenvalue weighted by Gasteiger charge is 2.22. The Hall–Kier alpha value is -2.66. The number of para-hydroxylation sites is 1. The van der Waals surface area contributed by atoms with Crippen LogP contribution in [0.15, 0.2) is 60.9 Å². The number of anilines is 2. The second kappa shape index (κ2) is 7.70. The summed E-state index contributed by atoms with van der Waals surface area (Å²) in [6.45, 7) is 3.23. The van der Waals surface area contributed by atoms with Crippen molar-refractivity contribution in [3.8, 4) is 0 Å². The first-order valence-corrected chi connectivity index (χ1v) is 9.25. The van der Waals surface area contributed by atoms with E-state index in [1.807, 2.05) is 6.07 Å². The van der Waals surface area contributed by atoms with Crippen LogP contribution in [0.4, 0.5) is 11.4 Å². The summed E-state index contributed by atoms with van der Waals surface area (Å²) < 4.78 is 0. The van der Waals surface area contributed by atoms with E-state index in [2.05, 4.69) is 80.6 Å². The zero-order valence-corrected chi connectivity index (χ0v) is 15.2. The van der Waals surface area contributed by atoms with Gasteiger partial charge < -0.3 is 4.90 Å². The minimum atomic E-state index is 0.524. The van der Waals surface area contributed by atoms with E-state index < -0.39 is 0 Å². The number of hydrogen-bond acceptors (Lipinski definition) is 4. The van der Waals surface area contributed by atoms with Gasteiger partial charge in [-0.3, -0.25) is 10.00 Å². The number of nitrogens with zero attached hydrogens (tertiary/aromatic N) is 4. The van der Waals surface area contributed by atoms with Gasteiger partial charge in [0, 0.05) is 30.9 Å². The van der Waals surface area contributed by atoms with Gasteiger partial charge in [-0.05, 0) is 55.8 Å². The lowest BCUT2D eigenvalue weighted by molar-refractivity contribution is 0.202. The molecule has 1 fully saturated rings. The fourth-order valence-electron chi connectivity index (χ4n) is 3.66. The number of aromatic amines is 1. The van der Waals surface area contributed by atoms with Crippen molar-refractivity contribution in [1.82, 2.24) is 20.1 Å². The molecule has 4 rings (SSSR count). The first-order chi connectivity index (χ1) is 12.8. The van der Waals surface area contributed by atoms with Crippen molar-refractivity contribution < 1.29 is 0 Å². The summed E-state index contributed by atoms with van der Waals surface area (Å²) in [6.07, 6.45) is 3.89. The van der Waals surface area contributed by atoms with Crippen molar-refractivity contribution in [3.05, 3.63) is 72.3 Å². The largest absolute Gasteiger partial charge is 0.345 e. The Morgan fingerprint density at radius 3 is 2.35 bits per heavy atom. The molecule has 26 heavy (non-hydrogen) atoms. The minimum Gasteiger partial charge on any atom is -0.345 e. The van der Waals surface area contributed by atoms with Crippen LogP contribution < -0.4 is 4.90 Å². The number of rotatable bonds is 5. The van der Waals surface area contributed by atoms with Gasteiger partial charge in [0.25, 0.3) is 0 Å². The molecule has 0 amide bonds. The predicted molar refractivity (Wildman–Crippen MR) is 105 cm³/mol. The SMILES string of the molecule is CN(c1ccccc1)c1ccc(CN2CCC(c3ncn[nH]3)CC2)cc1. The van der Waals surface area contributed by atoms with Crippen LogP contribution in [-0.2, 0) is 6.54 Å². The molecule has 2 aromatic carbocycles. The van der Waals surface area contributed by atoms with Gasteiger partial charge in [-0.1, -0.05) is 30.3 Å². The molecule has 5 nitrogen and oxygen atoms in total. The van der Waals surface area contributed by atoms with Crippen LogP contribution in [0.5, 0.6) is 0 Å². The summed E-state index contributed by atoms with van der Waals surface area (Å²) in [5.41, 5.74) is 3.78. The van der Waals surface area contributed by atoms with Crippen LogP contribution in [0.25, 0.3) is 0 Å². The third kappa shape index (κ3) is 3.78. The summed E-state index contributed by atoms with van der Waals surface area (Å²) in [5.74, 6) is 1.56. The van der Waals surface area contributed by atoms with Gasteiger partial charge in [0.1, 0.15) is 12.2 Å². The van der Waals surface area contributed by atoms with Crippen molar-refractivity contribution in [2.75, 3.05) is 25.0 Å². The molecule has 0 bridgehead atoms. The maximum atomic E-state index is 4.31. The van der Waals surface area contributed by atoms with Gasteiger partial charge in [0.05, 0.1) is 0 Å². The number of H-pyrrole nitrogens is 1. The molecule has 1 saturated heterocycles. The van der Waals surface area contributed by atoms with Gasteiger partial charge in [0.2, 0.25) is 0 Å². The van der Waals surface area contributed by atoms with Crippen LogP contribution >= 0.6 is 0 Å². The molecule has 0 unspecified atom stereocenters. The Balaban J connectivity index is 1.33. The molecule has 1 aliphatic rings. The van der Waals surface area contributed by atoms with E-state index in [1.165, 1.54) is 16.9 Å². The molecule has 0 spiro atoms. The Bertz CT molecular complexity index is 790. The molecule has 5 heteroatoms. The Kier molecular flexibility index (Phi) is 4.97. The fraction of sp³-hybridized carbons (Fsp3) is 0.333. The number of aromatic nitrogens is 3. The molecule has 0 aliphatic carbocycles. The summed E-state index contributed by atoms with van der Waals surface area (Å²) in [4.78, 5) is 9.06. The molecular formula is C21H25N5. The maximum Gasteiger partial charge on any atom is 0.137 e. The van der Waals surface area contributed by atoms with E-state index in [0.29, 0.717) is 5.92 Å². The zero-order chi connectivity index (χ0) is 17.8. The van der Waals surface area contributed by atoms with Crippen molar-refractivity contribution in [2.45, 2.75) is 25.3 Å². The summed E-state index contributed by atoms with van der Waals surface area (Å²) in [7, 11) is 2.11. The third-order valence-electron chi connectivity index (χ3n) is 5.28. The van der Waals surface area contributed by atoms with Crippen molar-refractivity contribution in [2.24, 2.45) is 0 Å². The zero-order valence-electron chi connectivity index (χ0n) is 15.2. The monoisotopic (exact) mass is 347 g/mol. The van der Waals surface area contributed by atoms with Crippen molar-refractivity contribution >= 4 is 11.4 Å². The van der Waals surface area contributed by atoms with E-state index in [4.69, 9.17) is 0 Å². The van der Waals surface area contributed by atoms with Gasteiger partial charge in [-0.2, -0.15) is 5.10 Å². The van der Waals surface area contributed by atoms with Crippen molar-refractivity contribution in [3.63, 3.8) is 0 Å². The lowest BCUT2D eigenvalue weighted by atomic mass is 9.96. The van der Waals surface area contributed by atoms with E-state index >= 15 is 0 Å². The van der Waals surface area contributed by atoms with Gasteiger partial charge in [-0.25, -0.2) is 4.98 Å². The highest BCUT2D eigenvalue weighted by Crippen LogP contribution is 2.27. The fourth-order valence-corrected chi connectivity index (χ4v) is 3.66. The minimum absolute atomic E-state index is 0.524. The number of benzene rings is 2. The molecule has 2 heterocycles. The number of nitrogens with one attached hydrogen (secondary N) is 1. The van der Waals surface area contributed by atoms with E-state index in [9.17, 15) is 0 Å². The Morgan fingerprint density at radius 1 is 1.00 bits per heavy atom. The topological polar surface area (TPSA) is 48.1 Å². The molecule has 1 N–H and O–H groups in total. The van der Waals surface area contributed by atoms with Crippen LogP contribution in [0.2, 0.25) is 0 Å².